The van der Waals surface area contributed by atoms with Crippen LogP contribution < -0.4 is 5.32 Å². The average molecular weight is 499 g/mol. The van der Waals surface area contributed by atoms with Gasteiger partial charge in [0.2, 0.25) is 0 Å². The standard InChI is InChI=1S/C25H21F4N5O2/c26-14-8-16-17(10-31-21(16)30-9-14)23-32-18-7-13(25(27,28)29)5-6-15(18)22(34-23)33-20-12-3-1-11(2-4-12)19(20)24(35)36/h5-12,19-20H,1-4H2,(H,30,31)(H,35,36)(H,32,33,34). The Hall–Kier alpha value is -3.76. The molecule has 11 heteroatoms. The third kappa shape index (κ3) is 3.73. The van der Waals surface area contributed by atoms with Crippen LogP contribution in [0.5, 0.6) is 0 Å². The van der Waals surface area contributed by atoms with E-state index in [9.17, 15) is 27.5 Å². The van der Waals surface area contributed by atoms with E-state index in [2.05, 4.69) is 25.3 Å². The van der Waals surface area contributed by atoms with Gasteiger partial charge >= 0.3 is 12.1 Å². The van der Waals surface area contributed by atoms with Gasteiger partial charge in [0.15, 0.2) is 5.82 Å². The molecule has 0 spiro atoms. The number of hydrogen-bond donors (Lipinski definition) is 3. The quantitative estimate of drug-likeness (QED) is 0.315. The first kappa shape index (κ1) is 22.7. The number of nitrogens with zero attached hydrogens (tertiary/aromatic N) is 3. The van der Waals surface area contributed by atoms with Crippen molar-refractivity contribution in [1.82, 2.24) is 19.9 Å². The molecule has 2 bridgehead atoms. The van der Waals surface area contributed by atoms with Crippen molar-refractivity contribution < 1.29 is 27.5 Å². The van der Waals surface area contributed by atoms with Crippen LogP contribution in [-0.2, 0) is 11.0 Å². The summed E-state index contributed by atoms with van der Waals surface area (Å²) in [7, 11) is 0. The number of hydrogen-bond acceptors (Lipinski definition) is 5. The van der Waals surface area contributed by atoms with Gasteiger partial charge in [0.25, 0.3) is 0 Å². The molecular formula is C25H21F4N5O2. The minimum Gasteiger partial charge on any atom is -0.481 e. The maximum atomic E-state index is 13.9. The second-order valence-electron chi connectivity index (χ2n) is 9.59. The molecule has 186 valence electrons. The number of H-pyrrole nitrogens is 1. The van der Waals surface area contributed by atoms with Gasteiger partial charge < -0.3 is 15.4 Å². The largest absolute Gasteiger partial charge is 0.481 e. The van der Waals surface area contributed by atoms with Crippen LogP contribution in [0, 0.1) is 23.6 Å². The van der Waals surface area contributed by atoms with E-state index in [-0.39, 0.29) is 29.0 Å². The molecule has 2 unspecified atom stereocenters. The minimum atomic E-state index is -4.57. The van der Waals surface area contributed by atoms with E-state index in [1.165, 1.54) is 18.3 Å². The van der Waals surface area contributed by atoms with Crippen molar-refractivity contribution in [2.45, 2.75) is 37.9 Å². The summed E-state index contributed by atoms with van der Waals surface area (Å²) < 4.78 is 54.4. The Morgan fingerprint density at radius 1 is 1.06 bits per heavy atom. The molecule has 0 amide bonds. The van der Waals surface area contributed by atoms with Crippen LogP contribution in [0.2, 0.25) is 0 Å². The summed E-state index contributed by atoms with van der Waals surface area (Å²) in [4.78, 5) is 28.1. The number of carboxylic acid groups (broad SMARTS) is 1. The van der Waals surface area contributed by atoms with Crippen molar-refractivity contribution in [3.8, 4) is 11.4 Å². The van der Waals surface area contributed by atoms with E-state index in [1.54, 1.807) is 0 Å². The van der Waals surface area contributed by atoms with Crippen molar-refractivity contribution in [1.29, 1.82) is 0 Å². The van der Waals surface area contributed by atoms with Crippen molar-refractivity contribution >= 4 is 33.7 Å². The van der Waals surface area contributed by atoms with Gasteiger partial charge in [-0.05, 0) is 61.8 Å². The fourth-order valence-corrected chi connectivity index (χ4v) is 5.87. The van der Waals surface area contributed by atoms with Crippen LogP contribution in [-0.4, -0.2) is 37.1 Å². The van der Waals surface area contributed by atoms with Crippen LogP contribution in [0.15, 0.2) is 36.7 Å². The Kier molecular flexibility index (Phi) is 5.13. The summed E-state index contributed by atoms with van der Waals surface area (Å²) in [6.07, 6.45) is 1.46. The Labute approximate surface area is 202 Å². The van der Waals surface area contributed by atoms with Crippen LogP contribution in [0.4, 0.5) is 23.4 Å². The molecule has 2 atom stereocenters. The third-order valence-corrected chi connectivity index (χ3v) is 7.57. The molecule has 3 fully saturated rings. The maximum absolute atomic E-state index is 13.9. The highest BCUT2D eigenvalue weighted by Gasteiger charge is 2.47. The number of benzene rings is 1. The fourth-order valence-electron chi connectivity index (χ4n) is 5.87. The highest BCUT2D eigenvalue weighted by atomic mass is 19.4. The van der Waals surface area contributed by atoms with E-state index < -0.39 is 35.5 Å². The normalized spacial score (nSPS) is 23.9. The first-order valence-electron chi connectivity index (χ1n) is 11.7. The predicted octanol–water partition coefficient (Wildman–Crippen LogP) is 5.63. The van der Waals surface area contributed by atoms with Crippen LogP contribution in [0.3, 0.4) is 0 Å². The van der Waals surface area contributed by atoms with Crippen LogP contribution >= 0.6 is 0 Å². The number of carbonyl (C=O) groups is 1. The predicted molar refractivity (Wildman–Crippen MR) is 124 cm³/mol. The molecule has 3 aliphatic carbocycles. The molecule has 3 saturated carbocycles. The monoisotopic (exact) mass is 499 g/mol. The lowest BCUT2D eigenvalue weighted by molar-refractivity contribution is -0.148. The fraction of sp³-hybridized carbons (Fsp3) is 0.360. The summed E-state index contributed by atoms with van der Waals surface area (Å²) in [5.41, 5.74) is -0.0651. The van der Waals surface area contributed by atoms with E-state index in [0.29, 0.717) is 22.0 Å². The van der Waals surface area contributed by atoms with Gasteiger partial charge in [-0.2, -0.15) is 13.2 Å². The molecule has 36 heavy (non-hydrogen) atoms. The third-order valence-electron chi connectivity index (χ3n) is 7.57. The number of fused-ring (bicyclic) bond motifs is 5. The minimum absolute atomic E-state index is 0.0390. The van der Waals surface area contributed by atoms with Crippen molar-refractivity contribution in [3.63, 3.8) is 0 Å². The number of aliphatic carboxylic acids is 1. The number of alkyl halides is 3. The lowest BCUT2D eigenvalue weighted by Gasteiger charge is -2.47. The molecule has 3 aromatic heterocycles. The molecule has 0 radical (unpaired) electrons. The molecule has 7 rings (SSSR count). The van der Waals surface area contributed by atoms with Crippen molar-refractivity contribution in [2.75, 3.05) is 5.32 Å². The highest BCUT2D eigenvalue weighted by molar-refractivity contribution is 5.96. The van der Waals surface area contributed by atoms with Gasteiger partial charge in [-0.3, -0.25) is 4.79 Å². The maximum Gasteiger partial charge on any atom is 0.416 e. The molecule has 7 nitrogen and oxygen atoms in total. The lowest BCUT2D eigenvalue weighted by Crippen LogP contribution is -2.51. The number of aromatic nitrogens is 4. The number of carboxylic acids is 1. The number of pyridine rings is 1. The van der Waals surface area contributed by atoms with E-state index >= 15 is 0 Å². The molecular weight excluding hydrogens is 478 g/mol. The Morgan fingerprint density at radius 2 is 1.81 bits per heavy atom. The van der Waals surface area contributed by atoms with E-state index in [4.69, 9.17) is 0 Å². The molecule has 3 aliphatic rings. The summed E-state index contributed by atoms with van der Waals surface area (Å²) in [5.74, 6) is -1.60. The van der Waals surface area contributed by atoms with Crippen molar-refractivity contribution in [2.24, 2.45) is 17.8 Å². The summed E-state index contributed by atoms with van der Waals surface area (Å²) in [6, 6.07) is 4.05. The molecule has 0 aliphatic heterocycles. The number of anilines is 1. The first-order valence-corrected chi connectivity index (χ1v) is 11.7. The van der Waals surface area contributed by atoms with Gasteiger partial charge in [-0.15, -0.1) is 0 Å². The Morgan fingerprint density at radius 3 is 2.53 bits per heavy atom. The zero-order valence-corrected chi connectivity index (χ0v) is 18.8. The van der Waals surface area contributed by atoms with Gasteiger partial charge in [-0.1, -0.05) is 0 Å². The number of rotatable bonds is 4. The second-order valence-corrected chi connectivity index (χ2v) is 9.59. The van der Waals surface area contributed by atoms with Gasteiger partial charge in [0.05, 0.1) is 23.2 Å². The van der Waals surface area contributed by atoms with Crippen molar-refractivity contribution in [3.05, 3.63) is 48.0 Å². The Bertz CT molecular complexity index is 1490. The lowest BCUT2D eigenvalue weighted by atomic mass is 9.61. The van der Waals surface area contributed by atoms with Gasteiger partial charge in [0.1, 0.15) is 17.3 Å². The number of halogens is 4. The van der Waals surface area contributed by atoms with Crippen LogP contribution in [0.1, 0.15) is 31.2 Å². The topological polar surface area (TPSA) is 104 Å². The van der Waals surface area contributed by atoms with E-state index in [0.717, 1.165) is 44.0 Å². The first-order chi connectivity index (χ1) is 17.2. The summed E-state index contributed by atoms with van der Waals surface area (Å²) >= 11 is 0. The highest BCUT2D eigenvalue weighted by Crippen LogP contribution is 2.47. The van der Waals surface area contributed by atoms with Gasteiger partial charge in [-0.25, -0.2) is 19.3 Å². The molecule has 3 N–H and O–H groups in total. The molecule has 0 saturated heterocycles. The summed E-state index contributed by atoms with van der Waals surface area (Å²) in [6.45, 7) is 0. The van der Waals surface area contributed by atoms with Crippen LogP contribution in [0.25, 0.3) is 33.3 Å². The van der Waals surface area contributed by atoms with Gasteiger partial charge in [0, 0.05) is 28.6 Å². The molecule has 4 aromatic rings. The molecule has 3 heterocycles. The smallest absolute Gasteiger partial charge is 0.416 e. The zero-order chi connectivity index (χ0) is 25.2. The number of aromatic amines is 1. The van der Waals surface area contributed by atoms with E-state index in [1.807, 2.05) is 0 Å². The average Bonchev–Trinajstić information content (AvgIpc) is 3.26. The number of nitrogens with one attached hydrogen (secondary N) is 2. The Balaban J connectivity index is 1.52. The zero-order valence-electron chi connectivity index (χ0n) is 18.8. The molecule has 1 aromatic carbocycles. The summed E-state index contributed by atoms with van der Waals surface area (Å²) in [5, 5.41) is 14.0. The SMILES string of the molecule is O=C(O)C1C2CCC(CC2)C1Nc1nc(-c2c[nH]c3ncc(F)cc23)nc2cc(C(F)(F)F)ccc12. The second kappa shape index (κ2) is 8.14.